The summed E-state index contributed by atoms with van der Waals surface area (Å²) in [6.45, 7) is 3.41. The molecule has 0 radical (unpaired) electrons. The van der Waals surface area contributed by atoms with Crippen molar-refractivity contribution < 1.29 is 19.0 Å². The molecule has 1 aliphatic carbocycles. The van der Waals surface area contributed by atoms with Crippen molar-refractivity contribution in [1.29, 1.82) is 0 Å². The fourth-order valence-electron chi connectivity index (χ4n) is 2.25. The number of hydrogen-bond acceptors (Lipinski definition) is 4. The Bertz CT molecular complexity index is 487. The molecule has 0 amide bonds. The van der Waals surface area contributed by atoms with Gasteiger partial charge in [-0.05, 0) is 37.0 Å². The number of hydrogen-bond donors (Lipinski definition) is 0. The average molecular weight is 276 g/mol. The lowest BCUT2D eigenvalue weighted by atomic mass is 10.1. The van der Waals surface area contributed by atoms with Crippen molar-refractivity contribution in [1.82, 2.24) is 0 Å². The zero-order valence-corrected chi connectivity index (χ0v) is 11.8. The van der Waals surface area contributed by atoms with Gasteiger partial charge in [0, 0.05) is 6.42 Å². The number of ether oxygens (including phenoxy) is 3. The van der Waals surface area contributed by atoms with E-state index >= 15 is 0 Å². The first-order valence-corrected chi connectivity index (χ1v) is 7.35. The topological polar surface area (TPSA) is 44.8 Å². The Kier molecular flexibility index (Phi) is 3.92. The van der Waals surface area contributed by atoms with E-state index < -0.39 is 0 Å². The zero-order chi connectivity index (χ0) is 13.9. The van der Waals surface area contributed by atoms with E-state index in [0.717, 1.165) is 37.9 Å². The molecule has 1 unspecified atom stereocenters. The second kappa shape index (κ2) is 5.83. The second-order valence-electron chi connectivity index (χ2n) is 5.43. The first-order valence-electron chi connectivity index (χ1n) is 7.35. The van der Waals surface area contributed by atoms with Crippen LogP contribution in [0.5, 0.6) is 11.5 Å². The minimum absolute atomic E-state index is 0.0563. The lowest BCUT2D eigenvalue weighted by molar-refractivity contribution is -0.135. The monoisotopic (exact) mass is 276 g/mol. The summed E-state index contributed by atoms with van der Waals surface area (Å²) in [6, 6.07) is 5.82. The molecule has 2 fully saturated rings. The van der Waals surface area contributed by atoms with Gasteiger partial charge in [-0.15, -0.1) is 0 Å². The lowest BCUT2D eigenvalue weighted by Gasteiger charge is -2.16. The molecule has 20 heavy (non-hydrogen) atoms. The molecule has 0 aromatic heterocycles. The minimum atomic E-state index is -0.134. The predicted molar refractivity (Wildman–Crippen MR) is 74.0 cm³/mol. The van der Waals surface area contributed by atoms with Crippen molar-refractivity contribution in [2.45, 2.75) is 38.7 Å². The van der Waals surface area contributed by atoms with E-state index in [-0.39, 0.29) is 18.0 Å². The van der Waals surface area contributed by atoms with Crippen molar-refractivity contribution in [2.75, 3.05) is 13.2 Å². The Morgan fingerprint density at radius 1 is 1.30 bits per heavy atom. The third-order valence-corrected chi connectivity index (χ3v) is 3.72. The number of rotatable bonds is 5. The number of aryl methyl sites for hydroxylation is 1. The summed E-state index contributed by atoms with van der Waals surface area (Å²) >= 11 is 0. The molecule has 2 aliphatic rings. The Morgan fingerprint density at radius 3 is 2.80 bits per heavy atom. The Morgan fingerprint density at radius 2 is 2.15 bits per heavy atom. The van der Waals surface area contributed by atoms with Crippen molar-refractivity contribution in [3.05, 3.63) is 23.8 Å². The summed E-state index contributed by atoms with van der Waals surface area (Å²) in [4.78, 5) is 11.9. The highest BCUT2D eigenvalue weighted by Crippen LogP contribution is 2.35. The first kappa shape index (κ1) is 13.4. The molecule has 1 saturated heterocycles. The van der Waals surface area contributed by atoms with Crippen LogP contribution in [0.3, 0.4) is 0 Å². The summed E-state index contributed by atoms with van der Waals surface area (Å²) in [7, 11) is 0. The number of benzene rings is 1. The fourth-order valence-corrected chi connectivity index (χ4v) is 2.25. The summed E-state index contributed by atoms with van der Waals surface area (Å²) < 4.78 is 16.7. The third-order valence-electron chi connectivity index (χ3n) is 3.72. The van der Waals surface area contributed by atoms with Gasteiger partial charge in [0.2, 0.25) is 0 Å². The van der Waals surface area contributed by atoms with Crippen molar-refractivity contribution in [3.8, 4) is 11.5 Å². The SMILES string of the molecule is CCc1ccc(OC2CCOC2)c(OC(=O)C2CC2)c1. The fraction of sp³-hybridized carbons (Fsp3) is 0.562. The van der Waals surface area contributed by atoms with E-state index in [2.05, 4.69) is 6.92 Å². The van der Waals surface area contributed by atoms with E-state index in [0.29, 0.717) is 18.1 Å². The van der Waals surface area contributed by atoms with Gasteiger partial charge in [-0.2, -0.15) is 0 Å². The third kappa shape index (κ3) is 3.12. The van der Waals surface area contributed by atoms with Gasteiger partial charge in [-0.3, -0.25) is 4.79 Å². The number of carbonyl (C=O) groups is 1. The van der Waals surface area contributed by atoms with E-state index in [9.17, 15) is 4.79 Å². The Balaban J connectivity index is 1.76. The Hall–Kier alpha value is -1.55. The van der Waals surface area contributed by atoms with Crippen LogP contribution < -0.4 is 9.47 Å². The second-order valence-corrected chi connectivity index (χ2v) is 5.43. The van der Waals surface area contributed by atoms with E-state index in [4.69, 9.17) is 14.2 Å². The van der Waals surface area contributed by atoms with Crippen LogP contribution in [0.2, 0.25) is 0 Å². The van der Waals surface area contributed by atoms with Gasteiger partial charge in [-0.1, -0.05) is 13.0 Å². The molecule has 0 spiro atoms. The van der Waals surface area contributed by atoms with Gasteiger partial charge >= 0.3 is 5.97 Å². The average Bonchev–Trinajstić information content (AvgIpc) is 3.19. The van der Waals surface area contributed by atoms with Gasteiger partial charge < -0.3 is 14.2 Å². The highest BCUT2D eigenvalue weighted by atomic mass is 16.6. The summed E-state index contributed by atoms with van der Waals surface area (Å²) in [5, 5.41) is 0. The molecule has 1 saturated carbocycles. The molecular weight excluding hydrogens is 256 g/mol. The van der Waals surface area contributed by atoms with Crippen LogP contribution in [0.4, 0.5) is 0 Å². The first-order chi connectivity index (χ1) is 9.76. The van der Waals surface area contributed by atoms with E-state index in [1.165, 1.54) is 0 Å². The van der Waals surface area contributed by atoms with Crippen molar-refractivity contribution in [2.24, 2.45) is 5.92 Å². The summed E-state index contributed by atoms with van der Waals surface area (Å²) in [5.74, 6) is 1.15. The highest BCUT2D eigenvalue weighted by Gasteiger charge is 2.32. The molecule has 1 heterocycles. The quantitative estimate of drug-likeness (QED) is 0.612. The molecule has 1 aromatic rings. The maximum Gasteiger partial charge on any atom is 0.314 e. The molecule has 1 atom stereocenters. The zero-order valence-electron chi connectivity index (χ0n) is 11.8. The van der Waals surface area contributed by atoms with Crippen LogP contribution in [0.25, 0.3) is 0 Å². The molecule has 4 nitrogen and oxygen atoms in total. The van der Waals surface area contributed by atoms with Gasteiger partial charge in [0.25, 0.3) is 0 Å². The molecule has 0 bridgehead atoms. The molecule has 3 rings (SSSR count). The normalized spacial score (nSPS) is 21.8. The standard InChI is InChI=1S/C16H20O4/c1-2-11-3-6-14(19-13-7-8-18-10-13)15(9-11)20-16(17)12-4-5-12/h3,6,9,12-13H,2,4-5,7-8,10H2,1H3. The molecule has 4 heteroatoms. The number of carbonyl (C=O) groups excluding carboxylic acids is 1. The maximum atomic E-state index is 11.9. The van der Waals surface area contributed by atoms with Gasteiger partial charge in [0.1, 0.15) is 6.10 Å². The van der Waals surface area contributed by atoms with Gasteiger partial charge in [0.05, 0.1) is 19.1 Å². The summed E-state index contributed by atoms with van der Waals surface area (Å²) in [6.07, 6.45) is 3.73. The highest BCUT2D eigenvalue weighted by molar-refractivity contribution is 5.78. The van der Waals surface area contributed by atoms with Crippen LogP contribution in [0.15, 0.2) is 18.2 Å². The Labute approximate surface area is 119 Å². The van der Waals surface area contributed by atoms with E-state index in [1.807, 2.05) is 18.2 Å². The largest absolute Gasteiger partial charge is 0.484 e. The molecule has 108 valence electrons. The van der Waals surface area contributed by atoms with Gasteiger partial charge in [0.15, 0.2) is 11.5 Å². The summed E-state index contributed by atoms with van der Waals surface area (Å²) in [5.41, 5.74) is 1.14. The molecular formula is C16H20O4. The van der Waals surface area contributed by atoms with Gasteiger partial charge in [-0.25, -0.2) is 0 Å². The smallest absolute Gasteiger partial charge is 0.314 e. The van der Waals surface area contributed by atoms with Crippen LogP contribution in [0.1, 0.15) is 31.7 Å². The van der Waals surface area contributed by atoms with Crippen LogP contribution in [-0.4, -0.2) is 25.3 Å². The van der Waals surface area contributed by atoms with Crippen molar-refractivity contribution in [3.63, 3.8) is 0 Å². The predicted octanol–water partition coefficient (Wildman–Crippen LogP) is 2.73. The number of esters is 1. The van der Waals surface area contributed by atoms with Crippen molar-refractivity contribution >= 4 is 5.97 Å². The van der Waals surface area contributed by atoms with Crippen LogP contribution in [0, 0.1) is 5.92 Å². The van der Waals surface area contributed by atoms with Crippen LogP contribution in [-0.2, 0) is 16.0 Å². The minimum Gasteiger partial charge on any atom is -0.484 e. The lowest BCUT2D eigenvalue weighted by Crippen LogP contribution is -2.17. The molecule has 1 aliphatic heterocycles. The molecule has 1 aromatic carbocycles. The van der Waals surface area contributed by atoms with E-state index in [1.54, 1.807) is 0 Å². The maximum absolute atomic E-state index is 11.9. The van der Waals surface area contributed by atoms with Crippen LogP contribution >= 0.6 is 0 Å². The molecule has 0 N–H and O–H groups in total.